The van der Waals surface area contributed by atoms with Crippen LogP contribution >= 0.6 is 0 Å². The average Bonchev–Trinajstić information content (AvgIpc) is 3.47. The minimum Gasteiger partial charge on any atom is -0.478 e. The Balaban J connectivity index is 1.11. The van der Waals surface area contributed by atoms with Crippen LogP contribution in [-0.4, -0.2) is 53.8 Å². The van der Waals surface area contributed by atoms with Crippen molar-refractivity contribution < 1.29 is 19.5 Å². The van der Waals surface area contributed by atoms with Gasteiger partial charge in [0, 0.05) is 45.4 Å². The molecule has 51 heavy (non-hydrogen) atoms. The molecule has 278 valence electrons. The van der Waals surface area contributed by atoms with Crippen molar-refractivity contribution in [2.45, 2.75) is 119 Å². The molecule has 1 aromatic carbocycles. The Morgan fingerprint density at radius 1 is 0.902 bits per heavy atom. The lowest BCUT2D eigenvalue weighted by Gasteiger charge is -2.72. The second-order valence-electron chi connectivity index (χ2n) is 19.3. The van der Waals surface area contributed by atoms with Gasteiger partial charge in [-0.05, 0) is 145 Å². The SMILES string of the molecule is C=C(C)C1CCC2(CNCCC(=O)N3CCC(=O)CC3)CCC3(C)C(CCC4C5(C)CC=C(c6ccc(C(=O)O)cc6)C(C)(C)C5CCC43C)C12. The summed E-state index contributed by atoms with van der Waals surface area (Å²) in [5.41, 5.74) is 5.33. The number of carboxylic acid groups (broad SMARTS) is 1. The topological polar surface area (TPSA) is 86.7 Å². The first-order chi connectivity index (χ1) is 24.1. The van der Waals surface area contributed by atoms with E-state index in [1.54, 1.807) is 12.1 Å². The van der Waals surface area contributed by atoms with Crippen molar-refractivity contribution in [1.82, 2.24) is 10.2 Å². The number of Topliss-reactive ketones (excluding diaryl/α,β-unsaturated/α-hetero) is 1. The van der Waals surface area contributed by atoms with Crippen LogP contribution < -0.4 is 5.32 Å². The fourth-order valence-electron chi connectivity index (χ4n) is 14.2. The maximum absolute atomic E-state index is 13.0. The van der Waals surface area contributed by atoms with Crippen LogP contribution in [0.25, 0.3) is 5.57 Å². The van der Waals surface area contributed by atoms with E-state index in [0.717, 1.165) is 13.0 Å². The highest BCUT2D eigenvalue weighted by Crippen LogP contribution is 2.77. The molecule has 9 atom stereocenters. The number of benzene rings is 1. The molecule has 7 rings (SSSR count). The lowest BCUT2D eigenvalue weighted by molar-refractivity contribution is -0.225. The van der Waals surface area contributed by atoms with Crippen molar-refractivity contribution in [3.05, 3.63) is 53.6 Å². The number of hydrogen-bond donors (Lipinski definition) is 2. The van der Waals surface area contributed by atoms with Crippen molar-refractivity contribution >= 4 is 23.2 Å². The number of carbonyl (C=O) groups excluding carboxylic acids is 2. The molecule has 1 aliphatic heterocycles. The van der Waals surface area contributed by atoms with Gasteiger partial charge in [0.05, 0.1) is 5.56 Å². The van der Waals surface area contributed by atoms with Crippen LogP contribution in [0.15, 0.2) is 42.5 Å². The largest absolute Gasteiger partial charge is 0.478 e. The maximum Gasteiger partial charge on any atom is 0.335 e. The molecule has 9 unspecified atom stereocenters. The van der Waals surface area contributed by atoms with Crippen LogP contribution in [-0.2, 0) is 9.59 Å². The summed E-state index contributed by atoms with van der Waals surface area (Å²) in [5, 5.41) is 13.3. The van der Waals surface area contributed by atoms with Gasteiger partial charge < -0.3 is 15.3 Å². The molecule has 1 saturated heterocycles. The third-order valence-corrected chi connectivity index (χ3v) is 16.9. The van der Waals surface area contributed by atoms with Crippen molar-refractivity contribution in [1.29, 1.82) is 0 Å². The monoisotopic (exact) mass is 696 g/mol. The zero-order chi connectivity index (χ0) is 36.6. The van der Waals surface area contributed by atoms with E-state index in [4.69, 9.17) is 0 Å². The number of carbonyl (C=O) groups is 3. The van der Waals surface area contributed by atoms with E-state index in [9.17, 15) is 19.5 Å². The summed E-state index contributed by atoms with van der Waals surface area (Å²) in [6.07, 6.45) is 15.3. The van der Waals surface area contributed by atoms with Crippen molar-refractivity contribution in [2.75, 3.05) is 26.2 Å². The first kappa shape index (κ1) is 36.6. The smallest absolute Gasteiger partial charge is 0.335 e. The van der Waals surface area contributed by atoms with Gasteiger partial charge in [-0.2, -0.15) is 0 Å². The molecule has 1 aromatic rings. The van der Waals surface area contributed by atoms with Gasteiger partial charge in [0.25, 0.3) is 0 Å². The molecular weight excluding hydrogens is 633 g/mol. The number of fused-ring (bicyclic) bond motifs is 7. The zero-order valence-corrected chi connectivity index (χ0v) is 32.4. The number of rotatable bonds is 8. The Morgan fingerprint density at radius 2 is 1.61 bits per heavy atom. The molecule has 5 aliphatic carbocycles. The van der Waals surface area contributed by atoms with E-state index in [-0.39, 0.29) is 38.8 Å². The van der Waals surface area contributed by atoms with Gasteiger partial charge in [-0.15, -0.1) is 0 Å². The van der Waals surface area contributed by atoms with E-state index >= 15 is 0 Å². The minimum absolute atomic E-state index is 0.00746. The number of amides is 1. The Hall–Kier alpha value is -2.73. The molecule has 5 fully saturated rings. The molecule has 0 aromatic heterocycles. The number of nitrogens with zero attached hydrogens (tertiary/aromatic N) is 1. The third kappa shape index (κ3) is 5.71. The van der Waals surface area contributed by atoms with Gasteiger partial charge in [-0.1, -0.05) is 65.0 Å². The molecule has 6 heteroatoms. The Labute approximate surface area is 307 Å². The fraction of sp³-hybridized carbons (Fsp3) is 0.711. The summed E-state index contributed by atoms with van der Waals surface area (Å²) < 4.78 is 0. The molecule has 1 amide bonds. The quantitative estimate of drug-likeness (QED) is 0.209. The first-order valence-corrected chi connectivity index (χ1v) is 20.3. The van der Waals surface area contributed by atoms with E-state index in [2.05, 4.69) is 59.5 Å². The second-order valence-corrected chi connectivity index (χ2v) is 19.3. The molecule has 0 spiro atoms. The summed E-state index contributed by atoms with van der Waals surface area (Å²) in [5.74, 6) is 2.73. The van der Waals surface area contributed by atoms with Crippen molar-refractivity contribution in [3.63, 3.8) is 0 Å². The third-order valence-electron chi connectivity index (χ3n) is 16.9. The number of carboxylic acids is 1. The molecule has 4 saturated carbocycles. The highest BCUT2D eigenvalue weighted by atomic mass is 16.4. The van der Waals surface area contributed by atoms with Crippen molar-refractivity contribution in [2.24, 2.45) is 56.7 Å². The normalized spacial score (nSPS) is 40.0. The Bertz CT molecular complexity index is 1600. The lowest BCUT2D eigenvalue weighted by Crippen LogP contribution is -2.65. The minimum atomic E-state index is -0.870. The van der Waals surface area contributed by atoms with Gasteiger partial charge in [-0.25, -0.2) is 4.79 Å². The van der Waals surface area contributed by atoms with Gasteiger partial charge in [0.15, 0.2) is 0 Å². The molecule has 6 aliphatic rings. The summed E-state index contributed by atoms with van der Waals surface area (Å²) in [4.78, 5) is 38.1. The standard InChI is InChI=1S/C45H64N2O4/c1-29(2)33-14-22-45(28-46-25-17-38(49)47-26-18-32(48)19-27-47)24-23-43(6)35(39(33)45)12-13-37-42(5)20-15-34(30-8-10-31(11-9-30)40(50)51)41(3,4)36(42)16-21-44(37,43)7/h8-11,15,33,35-37,39,46H,1,12-14,16-28H2,2-7H3,(H,50,51). The van der Waals surface area contributed by atoms with Gasteiger partial charge >= 0.3 is 5.97 Å². The fourth-order valence-corrected chi connectivity index (χ4v) is 14.2. The number of ketones is 1. The van der Waals surface area contributed by atoms with E-state index in [0.29, 0.717) is 74.0 Å². The molecular formula is C45H64N2O4. The predicted octanol–water partition coefficient (Wildman–Crippen LogP) is 9.21. The van der Waals surface area contributed by atoms with Gasteiger partial charge in [0.1, 0.15) is 5.78 Å². The number of piperidine rings is 1. The average molecular weight is 697 g/mol. The summed E-state index contributed by atoms with van der Waals surface area (Å²) >= 11 is 0. The van der Waals surface area contributed by atoms with E-state index in [1.165, 1.54) is 68.1 Å². The van der Waals surface area contributed by atoms with Gasteiger partial charge in [-0.3, -0.25) is 9.59 Å². The molecule has 2 N–H and O–H groups in total. The number of hydrogen-bond acceptors (Lipinski definition) is 4. The predicted molar refractivity (Wildman–Crippen MR) is 204 cm³/mol. The van der Waals surface area contributed by atoms with E-state index < -0.39 is 5.97 Å². The van der Waals surface area contributed by atoms with Crippen LogP contribution in [0.4, 0.5) is 0 Å². The van der Waals surface area contributed by atoms with Crippen LogP contribution in [0.5, 0.6) is 0 Å². The number of aromatic carboxylic acids is 1. The first-order valence-electron chi connectivity index (χ1n) is 20.3. The van der Waals surface area contributed by atoms with Crippen molar-refractivity contribution in [3.8, 4) is 0 Å². The maximum atomic E-state index is 13.0. The van der Waals surface area contributed by atoms with Crippen LogP contribution in [0.3, 0.4) is 0 Å². The second kappa shape index (κ2) is 13.0. The highest BCUT2D eigenvalue weighted by Gasteiger charge is 2.70. The number of allylic oxidation sites excluding steroid dienone is 3. The summed E-state index contributed by atoms with van der Waals surface area (Å²) in [6.45, 7) is 22.7. The highest BCUT2D eigenvalue weighted by molar-refractivity contribution is 5.88. The van der Waals surface area contributed by atoms with Gasteiger partial charge in [0.2, 0.25) is 5.91 Å². The number of nitrogens with one attached hydrogen (secondary N) is 1. The lowest BCUT2D eigenvalue weighted by atomic mass is 9.32. The van der Waals surface area contributed by atoms with Crippen LogP contribution in [0, 0.1) is 56.7 Å². The molecule has 1 heterocycles. The Morgan fingerprint density at radius 3 is 2.27 bits per heavy atom. The molecule has 6 nitrogen and oxygen atoms in total. The van der Waals surface area contributed by atoms with E-state index in [1.807, 2.05) is 17.0 Å². The zero-order valence-electron chi connectivity index (χ0n) is 32.4. The summed E-state index contributed by atoms with van der Waals surface area (Å²) in [7, 11) is 0. The van der Waals surface area contributed by atoms with Crippen LogP contribution in [0.1, 0.15) is 135 Å². The number of likely N-dealkylation sites (tertiary alicyclic amines) is 1. The summed E-state index contributed by atoms with van der Waals surface area (Å²) in [6, 6.07) is 7.58. The van der Waals surface area contributed by atoms with Crippen LogP contribution in [0.2, 0.25) is 0 Å². The Kier molecular flexibility index (Phi) is 9.33. The molecule has 0 radical (unpaired) electrons. The molecule has 0 bridgehead atoms.